The Morgan fingerprint density at radius 1 is 1.05 bits per heavy atom. The number of nitrogens with two attached hydrogens (primary N) is 1. The quantitative estimate of drug-likeness (QED) is 0.919. The summed E-state index contributed by atoms with van der Waals surface area (Å²) in [7, 11) is 0. The van der Waals surface area contributed by atoms with Crippen molar-refractivity contribution in [1.82, 2.24) is 0 Å². The highest BCUT2D eigenvalue weighted by atomic mass is 35.5. The Balaban J connectivity index is 2.16. The molecule has 0 aliphatic heterocycles. The lowest BCUT2D eigenvalue weighted by atomic mass is 10.2. The lowest BCUT2D eigenvalue weighted by molar-refractivity contribution is 0.302. The Kier molecular flexibility index (Phi) is 4.64. The molecule has 0 amide bonds. The summed E-state index contributed by atoms with van der Waals surface area (Å²) < 4.78 is 18.7. The Hall–Kier alpha value is -1.29. The minimum absolute atomic E-state index is 0.205. The monoisotopic (exact) mass is 299 g/mol. The fourth-order valence-electron chi connectivity index (χ4n) is 1.66. The molecule has 2 nitrogen and oxygen atoms in total. The molecule has 100 valence electrons. The zero-order valence-corrected chi connectivity index (χ0v) is 11.5. The first-order valence-corrected chi connectivity index (χ1v) is 6.41. The van der Waals surface area contributed by atoms with Crippen molar-refractivity contribution >= 4 is 23.2 Å². The summed E-state index contributed by atoms with van der Waals surface area (Å²) in [6, 6.07) is 9.38. The van der Waals surface area contributed by atoms with Crippen LogP contribution in [0.5, 0.6) is 5.75 Å². The van der Waals surface area contributed by atoms with Crippen LogP contribution in [-0.4, -0.2) is 0 Å². The number of rotatable bonds is 4. The van der Waals surface area contributed by atoms with Crippen LogP contribution in [0.15, 0.2) is 36.4 Å². The lowest BCUT2D eigenvalue weighted by Crippen LogP contribution is -2.03. The first kappa shape index (κ1) is 14.1. The molecule has 0 aromatic heterocycles. The van der Waals surface area contributed by atoms with Crippen LogP contribution in [-0.2, 0) is 13.2 Å². The molecule has 0 spiro atoms. The molecule has 0 aliphatic carbocycles. The Bertz CT molecular complexity index is 590. The first-order valence-electron chi connectivity index (χ1n) is 5.65. The SMILES string of the molecule is NCc1cc(F)ccc1OCc1cc(Cl)ccc1Cl. The van der Waals surface area contributed by atoms with Crippen LogP contribution >= 0.6 is 23.2 Å². The molecule has 2 aromatic carbocycles. The molecule has 2 rings (SSSR count). The molecule has 0 saturated carbocycles. The average molecular weight is 300 g/mol. The highest BCUT2D eigenvalue weighted by molar-refractivity contribution is 6.33. The Labute approximate surface area is 120 Å². The third kappa shape index (κ3) is 3.60. The number of halogens is 3. The van der Waals surface area contributed by atoms with Gasteiger partial charge >= 0.3 is 0 Å². The molecule has 0 unspecified atom stereocenters. The molecule has 0 fully saturated rings. The summed E-state index contributed by atoms with van der Waals surface area (Å²) >= 11 is 11.9. The molecule has 0 saturated heterocycles. The minimum Gasteiger partial charge on any atom is -0.489 e. The molecular formula is C14H12Cl2FNO. The third-order valence-electron chi connectivity index (χ3n) is 2.63. The van der Waals surface area contributed by atoms with Crippen LogP contribution < -0.4 is 10.5 Å². The molecule has 0 bridgehead atoms. The van der Waals surface area contributed by atoms with Gasteiger partial charge in [0, 0.05) is 27.7 Å². The van der Waals surface area contributed by atoms with E-state index in [-0.39, 0.29) is 19.0 Å². The van der Waals surface area contributed by atoms with Gasteiger partial charge in [-0.1, -0.05) is 23.2 Å². The smallest absolute Gasteiger partial charge is 0.124 e. The van der Waals surface area contributed by atoms with Crippen molar-refractivity contribution < 1.29 is 9.13 Å². The Morgan fingerprint density at radius 2 is 1.84 bits per heavy atom. The van der Waals surface area contributed by atoms with Gasteiger partial charge in [0.1, 0.15) is 18.2 Å². The van der Waals surface area contributed by atoms with Gasteiger partial charge in [-0.25, -0.2) is 4.39 Å². The average Bonchev–Trinajstić information content (AvgIpc) is 2.40. The van der Waals surface area contributed by atoms with Crippen molar-refractivity contribution in [1.29, 1.82) is 0 Å². The molecule has 0 aliphatic rings. The second kappa shape index (κ2) is 6.24. The van der Waals surface area contributed by atoms with Crippen molar-refractivity contribution in [2.45, 2.75) is 13.2 Å². The summed E-state index contributed by atoms with van der Waals surface area (Å²) in [5.74, 6) is 0.202. The molecule has 2 N–H and O–H groups in total. The van der Waals surface area contributed by atoms with Gasteiger partial charge in [0.2, 0.25) is 0 Å². The van der Waals surface area contributed by atoms with Crippen LogP contribution in [0.3, 0.4) is 0 Å². The number of hydrogen-bond donors (Lipinski definition) is 1. The predicted molar refractivity (Wildman–Crippen MR) is 75.1 cm³/mol. The molecule has 2 aromatic rings. The van der Waals surface area contributed by atoms with Crippen LogP contribution in [0.25, 0.3) is 0 Å². The molecule has 5 heteroatoms. The van der Waals surface area contributed by atoms with Gasteiger partial charge in [-0.05, 0) is 36.4 Å². The zero-order valence-electron chi connectivity index (χ0n) is 10.00. The first-order chi connectivity index (χ1) is 9.10. The molecule has 19 heavy (non-hydrogen) atoms. The van der Waals surface area contributed by atoms with Gasteiger partial charge in [0.05, 0.1) is 0 Å². The van der Waals surface area contributed by atoms with E-state index in [1.165, 1.54) is 12.1 Å². The van der Waals surface area contributed by atoms with E-state index in [0.717, 1.165) is 5.56 Å². The third-order valence-corrected chi connectivity index (χ3v) is 3.24. The molecule has 0 heterocycles. The second-order valence-electron chi connectivity index (χ2n) is 3.98. The molecule has 0 atom stereocenters. The molecule has 0 radical (unpaired) electrons. The number of ether oxygens (including phenoxy) is 1. The van der Waals surface area contributed by atoms with Gasteiger partial charge in [-0.3, -0.25) is 0 Å². The predicted octanol–water partition coefficient (Wildman–Crippen LogP) is 4.17. The van der Waals surface area contributed by atoms with Crippen LogP contribution in [0, 0.1) is 5.82 Å². The minimum atomic E-state index is -0.339. The topological polar surface area (TPSA) is 35.2 Å². The van der Waals surface area contributed by atoms with Crippen molar-refractivity contribution in [2.75, 3.05) is 0 Å². The lowest BCUT2D eigenvalue weighted by Gasteiger charge is -2.11. The fraction of sp³-hybridized carbons (Fsp3) is 0.143. The maximum atomic E-state index is 13.1. The van der Waals surface area contributed by atoms with Crippen molar-refractivity contribution in [2.24, 2.45) is 5.73 Å². The summed E-state index contributed by atoms with van der Waals surface area (Å²) in [4.78, 5) is 0. The summed E-state index contributed by atoms with van der Waals surface area (Å²) in [5, 5.41) is 1.15. The van der Waals surface area contributed by atoms with Crippen molar-refractivity contribution in [3.63, 3.8) is 0 Å². The van der Waals surface area contributed by atoms with E-state index in [1.807, 2.05) is 0 Å². The standard InChI is InChI=1S/C14H12Cl2FNO/c15-11-1-3-13(16)10(5-11)8-19-14-4-2-12(17)6-9(14)7-18/h1-6H,7-8,18H2. The number of benzene rings is 2. The largest absolute Gasteiger partial charge is 0.489 e. The van der Waals surface area contributed by atoms with E-state index < -0.39 is 0 Å². The van der Waals surface area contributed by atoms with E-state index in [1.54, 1.807) is 24.3 Å². The maximum Gasteiger partial charge on any atom is 0.124 e. The van der Waals surface area contributed by atoms with Gasteiger partial charge in [-0.15, -0.1) is 0 Å². The normalized spacial score (nSPS) is 10.5. The van der Waals surface area contributed by atoms with Gasteiger partial charge in [0.25, 0.3) is 0 Å². The highest BCUT2D eigenvalue weighted by Gasteiger charge is 2.07. The van der Waals surface area contributed by atoms with Gasteiger partial charge in [-0.2, -0.15) is 0 Å². The fourth-order valence-corrected chi connectivity index (χ4v) is 2.02. The van der Waals surface area contributed by atoms with Crippen molar-refractivity contribution in [3.05, 3.63) is 63.4 Å². The van der Waals surface area contributed by atoms with E-state index in [0.29, 0.717) is 21.4 Å². The summed E-state index contributed by atoms with van der Waals surface area (Å²) in [6.07, 6.45) is 0. The van der Waals surface area contributed by atoms with Crippen LogP contribution in [0.2, 0.25) is 10.0 Å². The van der Waals surface area contributed by atoms with Gasteiger partial charge < -0.3 is 10.5 Å². The zero-order chi connectivity index (χ0) is 13.8. The van der Waals surface area contributed by atoms with Gasteiger partial charge in [0.15, 0.2) is 0 Å². The Morgan fingerprint density at radius 3 is 2.58 bits per heavy atom. The van der Waals surface area contributed by atoms with Crippen LogP contribution in [0.4, 0.5) is 4.39 Å². The summed E-state index contributed by atoms with van der Waals surface area (Å²) in [5.41, 5.74) is 6.92. The highest BCUT2D eigenvalue weighted by Crippen LogP contribution is 2.24. The van der Waals surface area contributed by atoms with Crippen LogP contribution in [0.1, 0.15) is 11.1 Å². The summed E-state index contributed by atoms with van der Waals surface area (Å²) in [6.45, 7) is 0.453. The molecular weight excluding hydrogens is 288 g/mol. The number of hydrogen-bond acceptors (Lipinski definition) is 2. The second-order valence-corrected chi connectivity index (χ2v) is 4.82. The van der Waals surface area contributed by atoms with E-state index in [9.17, 15) is 4.39 Å². The maximum absolute atomic E-state index is 13.1. The van der Waals surface area contributed by atoms with E-state index >= 15 is 0 Å². The van der Waals surface area contributed by atoms with E-state index in [2.05, 4.69) is 0 Å². The van der Waals surface area contributed by atoms with Crippen molar-refractivity contribution in [3.8, 4) is 5.75 Å². The van der Waals surface area contributed by atoms with E-state index in [4.69, 9.17) is 33.7 Å².